The number of rotatable bonds is 5. The van der Waals surface area contributed by atoms with Crippen molar-refractivity contribution in [2.75, 3.05) is 20.2 Å². The number of nitrogens with two attached hydrogens (primary N) is 1. The Kier molecular flexibility index (Phi) is 3.88. The Balaban J connectivity index is 1.84. The van der Waals surface area contributed by atoms with Crippen molar-refractivity contribution in [3.05, 3.63) is 0 Å². The molecular formula is C13H26N2O. The normalized spacial score (nSPS) is 36.9. The van der Waals surface area contributed by atoms with E-state index in [0.29, 0.717) is 0 Å². The van der Waals surface area contributed by atoms with Crippen LogP contribution in [0.1, 0.15) is 32.6 Å². The van der Waals surface area contributed by atoms with Crippen LogP contribution < -0.4 is 5.73 Å². The number of fused-ring (bicyclic) bond motifs is 2. The van der Waals surface area contributed by atoms with E-state index in [1.54, 1.807) is 0 Å². The summed E-state index contributed by atoms with van der Waals surface area (Å²) in [4.78, 5) is 2.27. The first-order valence-corrected chi connectivity index (χ1v) is 6.68. The zero-order chi connectivity index (χ0) is 11.7. The highest BCUT2D eigenvalue weighted by atomic mass is 16.3. The zero-order valence-electron chi connectivity index (χ0n) is 10.6. The van der Waals surface area contributed by atoms with E-state index in [1.165, 1.54) is 25.7 Å². The van der Waals surface area contributed by atoms with E-state index >= 15 is 0 Å². The lowest BCUT2D eigenvalue weighted by molar-refractivity contribution is 0.104. The molecule has 0 spiro atoms. The summed E-state index contributed by atoms with van der Waals surface area (Å²) in [6, 6.07) is 0.174. The van der Waals surface area contributed by atoms with Crippen LogP contribution in [0.15, 0.2) is 0 Å². The van der Waals surface area contributed by atoms with Crippen molar-refractivity contribution in [1.82, 2.24) is 4.90 Å². The van der Waals surface area contributed by atoms with Crippen LogP contribution in [0.3, 0.4) is 0 Å². The van der Waals surface area contributed by atoms with Crippen LogP contribution in [0.4, 0.5) is 0 Å². The maximum Gasteiger partial charge on any atom is 0.0601 e. The van der Waals surface area contributed by atoms with Crippen LogP contribution >= 0.6 is 0 Å². The third kappa shape index (κ3) is 2.41. The fraction of sp³-hybridized carbons (Fsp3) is 1.00. The van der Waals surface area contributed by atoms with Crippen LogP contribution in [0.25, 0.3) is 0 Å². The Morgan fingerprint density at radius 2 is 2.12 bits per heavy atom. The largest absolute Gasteiger partial charge is 0.395 e. The topological polar surface area (TPSA) is 49.5 Å². The molecule has 2 rings (SSSR count). The van der Waals surface area contributed by atoms with Crippen molar-refractivity contribution in [1.29, 1.82) is 0 Å². The lowest BCUT2D eigenvalue weighted by Gasteiger charge is -2.34. The van der Waals surface area contributed by atoms with Crippen molar-refractivity contribution in [3.8, 4) is 0 Å². The van der Waals surface area contributed by atoms with Crippen molar-refractivity contribution in [2.45, 2.75) is 44.7 Å². The predicted octanol–water partition coefficient (Wildman–Crippen LogP) is 1.06. The quantitative estimate of drug-likeness (QED) is 0.737. The Labute approximate surface area is 99.0 Å². The van der Waals surface area contributed by atoms with Crippen LogP contribution in [0, 0.1) is 17.8 Å². The minimum absolute atomic E-state index is 0.0496. The third-order valence-electron chi connectivity index (χ3n) is 4.77. The molecule has 16 heavy (non-hydrogen) atoms. The molecule has 2 aliphatic rings. The summed E-state index contributed by atoms with van der Waals surface area (Å²) < 4.78 is 0. The first kappa shape index (κ1) is 12.3. The second-order valence-corrected chi connectivity index (χ2v) is 5.98. The zero-order valence-corrected chi connectivity index (χ0v) is 10.6. The number of aliphatic hydroxyl groups excluding tert-OH is 1. The Bertz CT molecular complexity index is 232. The van der Waals surface area contributed by atoms with Crippen molar-refractivity contribution in [3.63, 3.8) is 0 Å². The van der Waals surface area contributed by atoms with E-state index < -0.39 is 0 Å². The molecule has 0 aromatic rings. The van der Waals surface area contributed by atoms with Gasteiger partial charge in [0.05, 0.1) is 6.61 Å². The van der Waals surface area contributed by atoms with Gasteiger partial charge in [0.25, 0.3) is 0 Å². The maximum atomic E-state index is 9.35. The summed E-state index contributed by atoms with van der Waals surface area (Å²) in [5, 5.41) is 9.35. The van der Waals surface area contributed by atoms with Crippen LogP contribution in [-0.4, -0.2) is 42.3 Å². The Morgan fingerprint density at radius 1 is 1.38 bits per heavy atom. The number of aliphatic hydroxyl groups is 1. The molecule has 2 bridgehead atoms. The SMILES string of the molecule is CC(N)C(CO)N(C)CC1CC2CCC1C2. The molecule has 5 unspecified atom stereocenters. The second kappa shape index (κ2) is 5.03. The van der Waals surface area contributed by atoms with E-state index in [2.05, 4.69) is 11.9 Å². The van der Waals surface area contributed by atoms with E-state index in [1.807, 2.05) is 6.92 Å². The average molecular weight is 226 g/mol. The molecule has 0 heterocycles. The molecule has 0 aromatic carbocycles. The van der Waals surface area contributed by atoms with Gasteiger partial charge < -0.3 is 10.8 Å². The highest BCUT2D eigenvalue weighted by Gasteiger charge is 2.40. The van der Waals surface area contributed by atoms with Crippen molar-refractivity contribution < 1.29 is 5.11 Å². The lowest BCUT2D eigenvalue weighted by Crippen LogP contribution is -2.48. The molecule has 3 nitrogen and oxygen atoms in total. The average Bonchev–Trinajstić information content (AvgIpc) is 2.79. The highest BCUT2D eigenvalue weighted by Crippen LogP contribution is 2.48. The van der Waals surface area contributed by atoms with E-state index in [4.69, 9.17) is 5.73 Å². The van der Waals surface area contributed by atoms with Crippen molar-refractivity contribution in [2.24, 2.45) is 23.5 Å². The van der Waals surface area contributed by atoms with Gasteiger partial charge in [0.1, 0.15) is 0 Å². The van der Waals surface area contributed by atoms with E-state index in [0.717, 1.165) is 24.3 Å². The summed E-state index contributed by atoms with van der Waals surface area (Å²) in [7, 11) is 2.11. The Hall–Kier alpha value is -0.120. The molecule has 3 heteroatoms. The van der Waals surface area contributed by atoms with Gasteiger partial charge in [-0.2, -0.15) is 0 Å². The standard InChI is InChI=1S/C13H26N2O/c1-9(14)13(8-16)15(2)7-12-6-10-3-4-11(12)5-10/h9-13,16H,3-8,14H2,1-2H3. The molecule has 0 amide bonds. The van der Waals surface area contributed by atoms with Gasteiger partial charge in [-0.1, -0.05) is 6.42 Å². The van der Waals surface area contributed by atoms with Gasteiger partial charge in [-0.25, -0.2) is 0 Å². The first-order valence-electron chi connectivity index (χ1n) is 6.68. The van der Waals surface area contributed by atoms with Gasteiger partial charge >= 0.3 is 0 Å². The molecule has 2 saturated carbocycles. The second-order valence-electron chi connectivity index (χ2n) is 5.98. The maximum absolute atomic E-state index is 9.35. The lowest BCUT2D eigenvalue weighted by atomic mass is 9.88. The van der Waals surface area contributed by atoms with Gasteiger partial charge in [0.2, 0.25) is 0 Å². The number of likely N-dealkylation sites (N-methyl/N-ethyl adjacent to an activating group) is 1. The fourth-order valence-electron chi connectivity index (χ4n) is 3.81. The van der Waals surface area contributed by atoms with Gasteiger partial charge in [-0.15, -0.1) is 0 Å². The van der Waals surface area contributed by atoms with Crippen LogP contribution in [-0.2, 0) is 0 Å². The minimum atomic E-state index is 0.0496. The highest BCUT2D eigenvalue weighted by molar-refractivity contribution is 4.92. The van der Waals surface area contributed by atoms with Crippen molar-refractivity contribution >= 4 is 0 Å². The molecule has 5 atom stereocenters. The fourth-order valence-corrected chi connectivity index (χ4v) is 3.81. The smallest absolute Gasteiger partial charge is 0.0601 e. The number of hydrogen-bond acceptors (Lipinski definition) is 3. The molecule has 2 fully saturated rings. The monoisotopic (exact) mass is 226 g/mol. The first-order chi connectivity index (χ1) is 7.61. The van der Waals surface area contributed by atoms with Crippen LogP contribution in [0.5, 0.6) is 0 Å². The predicted molar refractivity (Wildman–Crippen MR) is 66.1 cm³/mol. The van der Waals surface area contributed by atoms with Crippen LogP contribution in [0.2, 0.25) is 0 Å². The van der Waals surface area contributed by atoms with Gasteiger partial charge in [-0.3, -0.25) is 4.90 Å². The molecule has 2 aliphatic carbocycles. The molecule has 0 aromatic heterocycles. The Morgan fingerprint density at radius 3 is 2.56 bits per heavy atom. The molecule has 0 saturated heterocycles. The molecule has 94 valence electrons. The molecule has 0 aliphatic heterocycles. The summed E-state index contributed by atoms with van der Waals surface area (Å²) in [6.45, 7) is 3.28. The molecular weight excluding hydrogens is 200 g/mol. The molecule has 3 N–H and O–H groups in total. The third-order valence-corrected chi connectivity index (χ3v) is 4.77. The molecule has 0 radical (unpaired) electrons. The van der Waals surface area contributed by atoms with E-state index in [-0.39, 0.29) is 18.7 Å². The van der Waals surface area contributed by atoms with E-state index in [9.17, 15) is 5.11 Å². The van der Waals surface area contributed by atoms with Gasteiger partial charge in [-0.05, 0) is 51.0 Å². The minimum Gasteiger partial charge on any atom is -0.395 e. The van der Waals surface area contributed by atoms with Gasteiger partial charge in [0, 0.05) is 18.6 Å². The summed E-state index contributed by atoms with van der Waals surface area (Å²) in [6.07, 6.45) is 5.76. The number of nitrogens with zero attached hydrogens (tertiary/aromatic N) is 1. The summed E-state index contributed by atoms with van der Waals surface area (Å²) in [5.41, 5.74) is 5.90. The number of hydrogen-bond donors (Lipinski definition) is 2. The summed E-state index contributed by atoms with van der Waals surface area (Å²) in [5.74, 6) is 2.82. The summed E-state index contributed by atoms with van der Waals surface area (Å²) >= 11 is 0. The van der Waals surface area contributed by atoms with Gasteiger partial charge in [0.15, 0.2) is 0 Å².